The molecule has 1 aliphatic carbocycles. The summed E-state index contributed by atoms with van der Waals surface area (Å²) in [6.45, 7) is 3.67. The molecule has 1 aromatic rings. The topological polar surface area (TPSA) is 49.8 Å². The van der Waals surface area contributed by atoms with Crippen LogP contribution in [0.15, 0.2) is 18.2 Å². The van der Waals surface area contributed by atoms with Gasteiger partial charge in [0.1, 0.15) is 5.75 Å². The fraction of sp³-hybridized carbons (Fsp3) is 0.632. The molecule has 1 N–H and O–H groups in total. The van der Waals surface area contributed by atoms with Gasteiger partial charge in [0.2, 0.25) is 5.91 Å². The summed E-state index contributed by atoms with van der Waals surface area (Å²) in [5.74, 6) is 1.35. The number of likely N-dealkylation sites (tertiary alicyclic amines) is 1. The maximum atomic E-state index is 13.3. The van der Waals surface area contributed by atoms with Crippen LogP contribution < -0.4 is 4.74 Å². The molecule has 1 atom stereocenters. The molecule has 4 nitrogen and oxygen atoms in total. The standard InChI is InChI=1S/C19H27NO3/c1-14-5-6-16(11-17(14)23-2)19(8-3-4-9-19)18(22)20-10-7-15(12-20)13-21/h5-6,11,15,21H,3-4,7-10,12-13H2,1-2H3. The van der Waals surface area contributed by atoms with Gasteiger partial charge in [0.25, 0.3) is 0 Å². The highest BCUT2D eigenvalue weighted by Gasteiger charge is 2.46. The number of nitrogens with zero attached hydrogens (tertiary/aromatic N) is 1. The molecule has 0 bridgehead atoms. The first kappa shape index (κ1) is 16.3. The van der Waals surface area contributed by atoms with Crippen molar-refractivity contribution in [3.63, 3.8) is 0 Å². The minimum absolute atomic E-state index is 0.176. The molecule has 1 unspecified atom stereocenters. The Labute approximate surface area is 138 Å². The summed E-state index contributed by atoms with van der Waals surface area (Å²) >= 11 is 0. The molecule has 1 aliphatic heterocycles. The van der Waals surface area contributed by atoms with E-state index in [1.165, 1.54) is 0 Å². The Morgan fingerprint density at radius 1 is 1.39 bits per heavy atom. The normalized spacial score (nSPS) is 23.3. The Kier molecular flexibility index (Phi) is 4.62. The summed E-state index contributed by atoms with van der Waals surface area (Å²) in [5.41, 5.74) is 1.79. The van der Waals surface area contributed by atoms with E-state index in [4.69, 9.17) is 4.74 Å². The van der Waals surface area contributed by atoms with E-state index >= 15 is 0 Å². The lowest BCUT2D eigenvalue weighted by Crippen LogP contribution is -2.44. The first-order chi connectivity index (χ1) is 11.1. The zero-order valence-corrected chi connectivity index (χ0v) is 14.2. The van der Waals surface area contributed by atoms with Crippen LogP contribution in [0.2, 0.25) is 0 Å². The third kappa shape index (κ3) is 2.85. The molecule has 1 saturated heterocycles. The second-order valence-corrected chi connectivity index (χ2v) is 7.06. The maximum Gasteiger partial charge on any atom is 0.233 e. The number of hydrogen-bond donors (Lipinski definition) is 1. The first-order valence-electron chi connectivity index (χ1n) is 8.66. The van der Waals surface area contributed by atoms with Crippen LogP contribution in [0.4, 0.5) is 0 Å². The lowest BCUT2D eigenvalue weighted by atomic mass is 9.77. The SMILES string of the molecule is COc1cc(C2(C(=O)N3CCC(CO)C3)CCCC2)ccc1C. The summed E-state index contributed by atoms with van der Waals surface area (Å²) in [4.78, 5) is 15.3. The van der Waals surface area contributed by atoms with Crippen LogP contribution in [-0.4, -0.2) is 42.7 Å². The van der Waals surface area contributed by atoms with Crippen molar-refractivity contribution in [3.05, 3.63) is 29.3 Å². The van der Waals surface area contributed by atoms with Gasteiger partial charge in [-0.25, -0.2) is 0 Å². The monoisotopic (exact) mass is 317 g/mol. The van der Waals surface area contributed by atoms with Gasteiger partial charge in [0.15, 0.2) is 0 Å². The number of benzene rings is 1. The molecule has 2 aliphatic rings. The van der Waals surface area contributed by atoms with E-state index in [-0.39, 0.29) is 18.4 Å². The molecule has 1 amide bonds. The number of hydrogen-bond acceptors (Lipinski definition) is 3. The molecule has 0 aromatic heterocycles. The number of carbonyl (C=O) groups is 1. The third-order valence-electron chi connectivity index (χ3n) is 5.66. The van der Waals surface area contributed by atoms with Crippen LogP contribution in [0.1, 0.15) is 43.2 Å². The van der Waals surface area contributed by atoms with E-state index < -0.39 is 5.41 Å². The van der Waals surface area contributed by atoms with Crippen LogP contribution in [0, 0.1) is 12.8 Å². The highest BCUT2D eigenvalue weighted by Crippen LogP contribution is 2.44. The average molecular weight is 317 g/mol. The number of aryl methyl sites for hydroxylation is 1. The lowest BCUT2D eigenvalue weighted by Gasteiger charge is -2.33. The number of aliphatic hydroxyl groups excluding tert-OH is 1. The average Bonchev–Trinajstić information content (AvgIpc) is 3.24. The van der Waals surface area contributed by atoms with Gasteiger partial charge in [-0.1, -0.05) is 25.0 Å². The van der Waals surface area contributed by atoms with Crippen LogP contribution in [-0.2, 0) is 10.2 Å². The molecular weight excluding hydrogens is 290 g/mol. The van der Waals surface area contributed by atoms with E-state index in [0.29, 0.717) is 6.54 Å². The highest BCUT2D eigenvalue weighted by molar-refractivity contribution is 5.89. The molecule has 23 heavy (non-hydrogen) atoms. The highest BCUT2D eigenvalue weighted by atomic mass is 16.5. The summed E-state index contributed by atoms with van der Waals surface area (Å²) < 4.78 is 5.47. The van der Waals surface area contributed by atoms with E-state index in [2.05, 4.69) is 18.2 Å². The van der Waals surface area contributed by atoms with E-state index in [1.807, 2.05) is 11.8 Å². The zero-order chi connectivity index (χ0) is 16.4. The molecule has 126 valence electrons. The Bertz CT molecular complexity index is 578. The zero-order valence-electron chi connectivity index (χ0n) is 14.2. The molecule has 0 radical (unpaired) electrons. The van der Waals surface area contributed by atoms with Crippen LogP contribution in [0.25, 0.3) is 0 Å². The first-order valence-corrected chi connectivity index (χ1v) is 8.66. The number of carbonyl (C=O) groups excluding carboxylic acids is 1. The number of aliphatic hydroxyl groups is 1. The van der Waals surface area contributed by atoms with E-state index in [0.717, 1.165) is 55.5 Å². The molecule has 1 heterocycles. The molecule has 3 rings (SSSR count). The fourth-order valence-corrected chi connectivity index (χ4v) is 4.19. The number of methoxy groups -OCH3 is 1. The van der Waals surface area contributed by atoms with Crippen molar-refractivity contribution in [2.24, 2.45) is 5.92 Å². The number of ether oxygens (including phenoxy) is 1. The quantitative estimate of drug-likeness (QED) is 0.929. The Balaban J connectivity index is 1.92. The second-order valence-electron chi connectivity index (χ2n) is 7.06. The van der Waals surface area contributed by atoms with E-state index in [9.17, 15) is 9.90 Å². The van der Waals surface area contributed by atoms with Gasteiger partial charge >= 0.3 is 0 Å². The predicted molar refractivity (Wildman–Crippen MR) is 89.6 cm³/mol. The van der Waals surface area contributed by atoms with Gasteiger partial charge in [0.05, 0.1) is 12.5 Å². The van der Waals surface area contributed by atoms with Crippen molar-refractivity contribution < 1.29 is 14.6 Å². The Hall–Kier alpha value is -1.55. The second kappa shape index (κ2) is 6.52. The minimum Gasteiger partial charge on any atom is -0.496 e. The third-order valence-corrected chi connectivity index (χ3v) is 5.66. The summed E-state index contributed by atoms with van der Waals surface area (Å²) in [7, 11) is 1.68. The van der Waals surface area contributed by atoms with Crippen molar-refractivity contribution in [2.45, 2.75) is 44.4 Å². The van der Waals surface area contributed by atoms with Gasteiger partial charge in [-0.05, 0) is 43.4 Å². The van der Waals surface area contributed by atoms with Crippen molar-refractivity contribution in [2.75, 3.05) is 26.8 Å². The van der Waals surface area contributed by atoms with Gasteiger partial charge in [-0.3, -0.25) is 4.79 Å². The van der Waals surface area contributed by atoms with Gasteiger partial charge in [-0.15, -0.1) is 0 Å². The van der Waals surface area contributed by atoms with Crippen molar-refractivity contribution in [3.8, 4) is 5.75 Å². The van der Waals surface area contributed by atoms with Crippen LogP contribution in [0.3, 0.4) is 0 Å². The molecule has 1 aromatic carbocycles. The molecular formula is C19H27NO3. The van der Waals surface area contributed by atoms with Crippen LogP contribution in [0.5, 0.6) is 5.75 Å². The lowest BCUT2D eigenvalue weighted by molar-refractivity contribution is -0.136. The fourth-order valence-electron chi connectivity index (χ4n) is 4.19. The number of amides is 1. The predicted octanol–water partition coefficient (Wildman–Crippen LogP) is 2.66. The maximum absolute atomic E-state index is 13.3. The Morgan fingerprint density at radius 2 is 2.13 bits per heavy atom. The molecule has 2 fully saturated rings. The minimum atomic E-state index is -0.397. The number of rotatable bonds is 4. The summed E-state index contributed by atoms with van der Waals surface area (Å²) in [6.07, 6.45) is 4.94. The van der Waals surface area contributed by atoms with E-state index in [1.54, 1.807) is 7.11 Å². The largest absolute Gasteiger partial charge is 0.496 e. The Morgan fingerprint density at radius 3 is 2.74 bits per heavy atom. The van der Waals surface area contributed by atoms with Crippen molar-refractivity contribution >= 4 is 5.91 Å². The van der Waals surface area contributed by atoms with Gasteiger partial charge < -0.3 is 14.7 Å². The van der Waals surface area contributed by atoms with Crippen molar-refractivity contribution in [1.82, 2.24) is 4.90 Å². The van der Waals surface area contributed by atoms with Crippen LogP contribution >= 0.6 is 0 Å². The van der Waals surface area contributed by atoms with Crippen molar-refractivity contribution in [1.29, 1.82) is 0 Å². The molecule has 0 spiro atoms. The summed E-state index contributed by atoms with van der Waals surface area (Å²) in [5, 5.41) is 9.36. The summed E-state index contributed by atoms with van der Waals surface area (Å²) in [6, 6.07) is 6.21. The molecule has 1 saturated carbocycles. The molecule has 4 heteroatoms. The van der Waals surface area contributed by atoms with Gasteiger partial charge in [0, 0.05) is 25.6 Å². The smallest absolute Gasteiger partial charge is 0.233 e. The van der Waals surface area contributed by atoms with Gasteiger partial charge in [-0.2, -0.15) is 0 Å².